The first-order valence-corrected chi connectivity index (χ1v) is 9.26. The summed E-state index contributed by atoms with van der Waals surface area (Å²) in [5.74, 6) is 0.479. The molecule has 3 rings (SSSR count). The maximum Gasteiger partial charge on any atom is 0.413 e. The van der Waals surface area contributed by atoms with Crippen LogP contribution in [0, 0.1) is 6.92 Å². The second kappa shape index (κ2) is 10.2. The zero-order valence-electron chi connectivity index (χ0n) is 15.7. The largest absolute Gasteiger partial charge is 0.465 e. The van der Waals surface area contributed by atoms with E-state index in [1.54, 1.807) is 11.6 Å². The van der Waals surface area contributed by atoms with Crippen LogP contribution in [0.3, 0.4) is 0 Å². The minimum absolute atomic E-state index is 0.362. The van der Waals surface area contributed by atoms with E-state index in [9.17, 15) is 4.79 Å². The van der Waals surface area contributed by atoms with E-state index in [-0.39, 0.29) is 6.10 Å². The highest BCUT2D eigenvalue weighted by Gasteiger charge is 2.17. The van der Waals surface area contributed by atoms with Crippen LogP contribution in [-0.4, -0.2) is 32.3 Å². The van der Waals surface area contributed by atoms with Gasteiger partial charge in [0, 0.05) is 4.47 Å². The van der Waals surface area contributed by atoms with Gasteiger partial charge in [0.15, 0.2) is 5.82 Å². The van der Waals surface area contributed by atoms with Crippen molar-refractivity contribution >= 4 is 33.9 Å². The smallest absolute Gasteiger partial charge is 0.413 e. The molecule has 9 nitrogen and oxygen atoms in total. The van der Waals surface area contributed by atoms with E-state index in [0.29, 0.717) is 11.5 Å². The van der Waals surface area contributed by atoms with E-state index >= 15 is 0 Å². The number of nitrogens with one attached hydrogen (secondary N) is 1. The number of hydrogen-bond acceptors (Lipinski definition) is 5. The lowest BCUT2D eigenvalue weighted by atomic mass is 10.1. The summed E-state index contributed by atoms with van der Waals surface area (Å²) in [5.41, 5.74) is 6.34. The van der Waals surface area contributed by atoms with E-state index in [1.165, 1.54) is 0 Å². The molecule has 10 heteroatoms. The molecule has 2 aromatic carbocycles. The summed E-state index contributed by atoms with van der Waals surface area (Å²) in [5, 5.41) is 18.1. The van der Waals surface area contributed by atoms with Crippen molar-refractivity contribution in [1.29, 1.82) is 0 Å². The van der Waals surface area contributed by atoms with Gasteiger partial charge in [0.05, 0.1) is 5.69 Å². The third-order valence-electron chi connectivity index (χ3n) is 3.68. The fourth-order valence-electron chi connectivity index (χ4n) is 2.34. The molecule has 1 heterocycles. The molecular weight excluding hydrogens is 442 g/mol. The Kier molecular flexibility index (Phi) is 7.72. The molecule has 1 atom stereocenters. The number of ether oxygens (including phenoxy) is 1. The number of amides is 2. The van der Waals surface area contributed by atoms with Crippen molar-refractivity contribution in [2.24, 2.45) is 5.73 Å². The number of anilines is 1. The molecule has 0 bridgehead atoms. The summed E-state index contributed by atoms with van der Waals surface area (Å²) in [6.07, 6.45) is -2.25. The van der Waals surface area contributed by atoms with Gasteiger partial charge in [-0.1, -0.05) is 51.5 Å². The van der Waals surface area contributed by atoms with Gasteiger partial charge in [0.25, 0.3) is 0 Å². The number of halogens is 1. The highest BCUT2D eigenvalue weighted by atomic mass is 79.9. The van der Waals surface area contributed by atoms with Crippen LogP contribution in [0.2, 0.25) is 0 Å². The minimum Gasteiger partial charge on any atom is -0.465 e. The Balaban J connectivity index is 0.000000687. The lowest BCUT2D eigenvalue weighted by Gasteiger charge is -2.15. The molecule has 0 fully saturated rings. The highest BCUT2D eigenvalue weighted by molar-refractivity contribution is 9.10. The van der Waals surface area contributed by atoms with Crippen molar-refractivity contribution < 1.29 is 19.4 Å². The Morgan fingerprint density at radius 2 is 1.76 bits per heavy atom. The van der Waals surface area contributed by atoms with Gasteiger partial charge in [-0.3, -0.25) is 5.32 Å². The molecule has 152 valence electrons. The first-order valence-electron chi connectivity index (χ1n) is 8.47. The lowest BCUT2D eigenvalue weighted by molar-refractivity contribution is 0.121. The molecule has 2 amide bonds. The fourth-order valence-corrected chi connectivity index (χ4v) is 2.61. The van der Waals surface area contributed by atoms with Crippen LogP contribution in [0.1, 0.15) is 24.3 Å². The van der Waals surface area contributed by atoms with E-state index in [2.05, 4.69) is 37.3 Å². The molecule has 4 N–H and O–H groups in total. The standard InChI is InChI=1S/C18H17BrN4O2.CH3NO2/c1-12-17(23(22-21-12)16-10-8-15(19)9-11-16)20-18(24)25-13(2)14-6-4-3-5-7-14;2-1(3)4/h3-11,13H,1-2H3,(H,20,24);2H2,(H,3,4)/t13-;/m1./s1. The lowest BCUT2D eigenvalue weighted by Crippen LogP contribution is -2.18. The molecule has 0 saturated carbocycles. The van der Waals surface area contributed by atoms with Gasteiger partial charge in [0.2, 0.25) is 0 Å². The zero-order chi connectivity index (χ0) is 21.4. The highest BCUT2D eigenvalue weighted by Crippen LogP contribution is 2.21. The Morgan fingerprint density at radius 1 is 1.17 bits per heavy atom. The van der Waals surface area contributed by atoms with Crippen LogP contribution in [0.25, 0.3) is 5.69 Å². The molecule has 0 radical (unpaired) electrons. The number of rotatable bonds is 4. The maximum absolute atomic E-state index is 12.3. The van der Waals surface area contributed by atoms with Gasteiger partial charge in [0.1, 0.15) is 11.8 Å². The van der Waals surface area contributed by atoms with Crippen LogP contribution < -0.4 is 11.1 Å². The first-order chi connectivity index (χ1) is 13.8. The van der Waals surface area contributed by atoms with Crippen molar-refractivity contribution in [1.82, 2.24) is 15.0 Å². The number of aromatic nitrogens is 3. The first kappa shape index (κ1) is 21.9. The third-order valence-corrected chi connectivity index (χ3v) is 4.21. The molecule has 0 aliphatic heterocycles. The predicted octanol–water partition coefficient (Wildman–Crippen LogP) is 4.27. The van der Waals surface area contributed by atoms with Crippen molar-refractivity contribution in [3.63, 3.8) is 0 Å². The van der Waals surface area contributed by atoms with Gasteiger partial charge >= 0.3 is 12.2 Å². The van der Waals surface area contributed by atoms with Gasteiger partial charge < -0.3 is 15.6 Å². The van der Waals surface area contributed by atoms with Gasteiger partial charge in [-0.25, -0.2) is 9.59 Å². The number of hydrogen-bond donors (Lipinski definition) is 3. The van der Waals surface area contributed by atoms with Crippen LogP contribution in [0.15, 0.2) is 59.1 Å². The molecular formula is C19H20BrN5O4. The van der Waals surface area contributed by atoms with Crippen molar-refractivity contribution in [3.05, 3.63) is 70.3 Å². The number of carbonyl (C=O) groups excluding carboxylic acids is 1. The van der Waals surface area contributed by atoms with Crippen LogP contribution in [0.5, 0.6) is 0 Å². The Bertz CT molecular complexity index is 956. The molecule has 3 aromatic rings. The summed E-state index contributed by atoms with van der Waals surface area (Å²) in [4.78, 5) is 21.1. The summed E-state index contributed by atoms with van der Waals surface area (Å²) in [6.45, 7) is 3.60. The van der Waals surface area contributed by atoms with Gasteiger partial charge in [-0.2, -0.15) is 4.68 Å². The fraction of sp³-hybridized carbons (Fsp3) is 0.158. The Morgan fingerprint density at radius 3 is 2.34 bits per heavy atom. The molecule has 0 aliphatic rings. The van der Waals surface area contributed by atoms with Crippen LogP contribution >= 0.6 is 15.9 Å². The minimum atomic E-state index is -1.33. The van der Waals surface area contributed by atoms with Crippen molar-refractivity contribution in [2.75, 3.05) is 5.32 Å². The predicted molar refractivity (Wildman–Crippen MR) is 111 cm³/mol. The van der Waals surface area contributed by atoms with E-state index in [4.69, 9.17) is 14.6 Å². The molecule has 0 saturated heterocycles. The topological polar surface area (TPSA) is 132 Å². The summed E-state index contributed by atoms with van der Waals surface area (Å²) >= 11 is 3.40. The van der Waals surface area contributed by atoms with Crippen molar-refractivity contribution in [2.45, 2.75) is 20.0 Å². The molecule has 1 aromatic heterocycles. The SMILES string of the molecule is Cc1nnn(-c2ccc(Br)cc2)c1NC(=O)O[C@H](C)c1ccccc1.NC(=O)O. The molecule has 29 heavy (non-hydrogen) atoms. The average molecular weight is 462 g/mol. The number of nitrogens with two attached hydrogens (primary N) is 1. The molecule has 0 spiro atoms. The molecule has 0 aliphatic carbocycles. The van der Waals surface area contributed by atoms with Crippen LogP contribution in [0.4, 0.5) is 15.4 Å². The number of carbonyl (C=O) groups is 2. The molecule has 0 unspecified atom stereocenters. The quantitative estimate of drug-likeness (QED) is 0.531. The van der Waals surface area contributed by atoms with E-state index in [1.807, 2.05) is 61.5 Å². The van der Waals surface area contributed by atoms with Crippen molar-refractivity contribution in [3.8, 4) is 5.69 Å². The second-order valence-electron chi connectivity index (χ2n) is 5.83. The maximum atomic E-state index is 12.3. The summed E-state index contributed by atoms with van der Waals surface area (Å²) < 4.78 is 7.97. The van der Waals surface area contributed by atoms with Crippen LogP contribution in [-0.2, 0) is 4.74 Å². The normalized spacial score (nSPS) is 11.0. The number of carboxylic acid groups (broad SMARTS) is 1. The van der Waals surface area contributed by atoms with Gasteiger partial charge in [-0.15, -0.1) is 5.10 Å². The second-order valence-corrected chi connectivity index (χ2v) is 6.75. The summed E-state index contributed by atoms with van der Waals surface area (Å²) in [7, 11) is 0. The number of benzene rings is 2. The summed E-state index contributed by atoms with van der Waals surface area (Å²) in [6, 6.07) is 17.1. The monoisotopic (exact) mass is 461 g/mol. The Labute approximate surface area is 175 Å². The van der Waals surface area contributed by atoms with Gasteiger partial charge in [-0.05, 0) is 43.7 Å². The number of nitrogens with zero attached hydrogens (tertiary/aromatic N) is 3. The average Bonchev–Trinajstić information content (AvgIpc) is 3.03. The number of aryl methyl sites for hydroxylation is 1. The van der Waals surface area contributed by atoms with E-state index < -0.39 is 12.2 Å². The Hall–Kier alpha value is -3.40. The number of primary amides is 1. The zero-order valence-corrected chi connectivity index (χ0v) is 17.3. The third kappa shape index (κ3) is 6.61. The van der Waals surface area contributed by atoms with E-state index in [0.717, 1.165) is 15.7 Å².